The minimum absolute atomic E-state index is 0.377. The first-order chi connectivity index (χ1) is 10.6. The molecule has 5 nitrogen and oxygen atoms in total. The third-order valence-electron chi connectivity index (χ3n) is 5.08. The van der Waals surface area contributed by atoms with Crippen LogP contribution < -0.4 is 10.6 Å². The Balaban J connectivity index is 1.62. The number of likely N-dealkylation sites (N-methyl/N-ethyl adjacent to an activating group) is 1. The number of rotatable bonds is 2. The van der Waals surface area contributed by atoms with Gasteiger partial charge in [0, 0.05) is 24.5 Å². The molecular formula is C16H20N4OS. The van der Waals surface area contributed by atoms with Gasteiger partial charge in [-0.1, -0.05) is 0 Å². The minimum atomic E-state index is -0.377. The molecule has 2 aliphatic heterocycles. The summed E-state index contributed by atoms with van der Waals surface area (Å²) in [6.07, 6.45) is 2.57. The van der Waals surface area contributed by atoms with Gasteiger partial charge >= 0.3 is 0 Å². The van der Waals surface area contributed by atoms with E-state index >= 15 is 0 Å². The topological polar surface area (TPSA) is 62.5 Å². The number of nitrogens with zero attached hydrogens (tertiary/aromatic N) is 3. The summed E-state index contributed by atoms with van der Waals surface area (Å²) >= 11 is 1.38. The van der Waals surface area contributed by atoms with Crippen molar-refractivity contribution in [3.63, 3.8) is 0 Å². The zero-order valence-corrected chi connectivity index (χ0v) is 13.5. The van der Waals surface area contributed by atoms with Gasteiger partial charge in [-0.2, -0.15) is 0 Å². The minimum Gasteiger partial charge on any atom is -0.365 e. The van der Waals surface area contributed by atoms with Crippen molar-refractivity contribution in [1.29, 1.82) is 0 Å². The van der Waals surface area contributed by atoms with Crippen LogP contribution in [0.25, 0.3) is 10.2 Å². The van der Waals surface area contributed by atoms with E-state index in [1.807, 2.05) is 12.1 Å². The Morgan fingerprint density at radius 3 is 3.00 bits per heavy atom. The number of nitrogens with two attached hydrogens (primary N) is 1. The molecule has 2 saturated heterocycles. The summed E-state index contributed by atoms with van der Waals surface area (Å²) in [6, 6.07) is 6.59. The van der Waals surface area contributed by atoms with Crippen LogP contribution in [0, 0.1) is 5.92 Å². The van der Waals surface area contributed by atoms with Gasteiger partial charge in [0.1, 0.15) is 10.6 Å². The predicted molar refractivity (Wildman–Crippen MR) is 89.5 cm³/mol. The molecule has 6 heteroatoms. The molecule has 1 amide bonds. The molecule has 0 bridgehead atoms. The number of amides is 1. The van der Waals surface area contributed by atoms with Crippen LogP contribution >= 0.6 is 11.3 Å². The SMILES string of the molecule is CN1CCC2CCN(c3ccc4cc(C(N)=O)sc4n3)CC21. The number of likely N-dealkylation sites (tertiary alicyclic amines) is 1. The number of anilines is 1. The van der Waals surface area contributed by atoms with Crippen molar-refractivity contribution in [2.75, 3.05) is 31.6 Å². The van der Waals surface area contributed by atoms with Gasteiger partial charge in [-0.05, 0) is 50.6 Å². The van der Waals surface area contributed by atoms with E-state index in [0.29, 0.717) is 10.9 Å². The molecule has 2 aromatic heterocycles. The molecule has 0 radical (unpaired) electrons. The molecule has 22 heavy (non-hydrogen) atoms. The van der Waals surface area contributed by atoms with E-state index in [1.54, 1.807) is 0 Å². The number of hydrogen-bond acceptors (Lipinski definition) is 5. The van der Waals surface area contributed by atoms with Gasteiger partial charge < -0.3 is 15.5 Å². The van der Waals surface area contributed by atoms with E-state index in [2.05, 4.69) is 22.9 Å². The molecule has 0 spiro atoms. The van der Waals surface area contributed by atoms with Gasteiger partial charge in [-0.3, -0.25) is 4.79 Å². The Bertz CT molecular complexity index is 728. The van der Waals surface area contributed by atoms with Gasteiger partial charge in [-0.15, -0.1) is 11.3 Å². The van der Waals surface area contributed by atoms with Crippen molar-refractivity contribution in [3.05, 3.63) is 23.1 Å². The number of carbonyl (C=O) groups excluding carboxylic acids is 1. The Labute approximate surface area is 133 Å². The third-order valence-corrected chi connectivity index (χ3v) is 6.13. The number of thiophene rings is 1. The van der Waals surface area contributed by atoms with Gasteiger partial charge in [0.2, 0.25) is 0 Å². The molecule has 2 unspecified atom stereocenters. The van der Waals surface area contributed by atoms with Crippen LogP contribution in [0.3, 0.4) is 0 Å². The number of carbonyl (C=O) groups is 1. The monoisotopic (exact) mass is 316 g/mol. The lowest BCUT2D eigenvalue weighted by Crippen LogP contribution is -2.47. The first-order valence-corrected chi connectivity index (χ1v) is 8.59. The number of primary amides is 1. The quantitative estimate of drug-likeness (QED) is 0.919. The molecule has 4 heterocycles. The summed E-state index contributed by atoms with van der Waals surface area (Å²) in [5, 5.41) is 0.996. The number of hydrogen-bond donors (Lipinski definition) is 1. The van der Waals surface area contributed by atoms with Gasteiger partial charge in [0.15, 0.2) is 0 Å². The fourth-order valence-corrected chi connectivity index (χ4v) is 4.64. The first-order valence-electron chi connectivity index (χ1n) is 7.77. The fraction of sp³-hybridized carbons (Fsp3) is 0.500. The largest absolute Gasteiger partial charge is 0.365 e. The zero-order valence-electron chi connectivity index (χ0n) is 12.7. The number of fused-ring (bicyclic) bond motifs is 2. The Morgan fingerprint density at radius 1 is 1.36 bits per heavy atom. The van der Waals surface area contributed by atoms with Crippen LogP contribution in [0.5, 0.6) is 0 Å². The summed E-state index contributed by atoms with van der Waals surface area (Å²) in [4.78, 5) is 22.4. The van der Waals surface area contributed by atoms with E-state index < -0.39 is 0 Å². The van der Waals surface area contributed by atoms with E-state index in [1.165, 1.54) is 30.7 Å². The number of aromatic nitrogens is 1. The second kappa shape index (κ2) is 5.21. The Hall–Kier alpha value is -1.66. The zero-order chi connectivity index (χ0) is 15.3. The lowest BCUT2D eigenvalue weighted by atomic mass is 9.92. The van der Waals surface area contributed by atoms with Gasteiger partial charge in [0.05, 0.1) is 4.88 Å². The normalized spacial score (nSPS) is 25.6. The van der Waals surface area contributed by atoms with E-state index in [0.717, 1.165) is 35.0 Å². The summed E-state index contributed by atoms with van der Waals surface area (Å²) in [5.74, 6) is 1.48. The maximum atomic E-state index is 11.3. The lowest BCUT2D eigenvalue weighted by molar-refractivity contribution is 0.100. The smallest absolute Gasteiger partial charge is 0.258 e. The first kappa shape index (κ1) is 14.0. The lowest BCUT2D eigenvalue weighted by Gasteiger charge is -2.38. The van der Waals surface area contributed by atoms with Crippen LogP contribution in [-0.2, 0) is 0 Å². The highest BCUT2D eigenvalue weighted by Gasteiger charge is 2.36. The molecule has 2 fully saturated rings. The molecule has 0 aromatic carbocycles. The molecule has 2 aromatic rings. The van der Waals surface area contributed by atoms with E-state index in [9.17, 15) is 4.79 Å². The summed E-state index contributed by atoms with van der Waals surface area (Å²) in [5.41, 5.74) is 5.36. The predicted octanol–water partition coefficient (Wildman–Crippen LogP) is 1.93. The maximum absolute atomic E-state index is 11.3. The van der Waals surface area contributed by atoms with Crippen LogP contribution in [0.1, 0.15) is 22.5 Å². The molecule has 2 N–H and O–H groups in total. The molecule has 2 aliphatic rings. The highest BCUT2D eigenvalue weighted by molar-refractivity contribution is 7.20. The molecule has 0 aliphatic carbocycles. The van der Waals surface area contributed by atoms with Crippen molar-refractivity contribution in [1.82, 2.24) is 9.88 Å². The molecule has 116 valence electrons. The van der Waals surface area contributed by atoms with Crippen molar-refractivity contribution in [2.24, 2.45) is 11.7 Å². The van der Waals surface area contributed by atoms with Gasteiger partial charge in [-0.25, -0.2) is 4.98 Å². The molecule has 2 atom stereocenters. The highest BCUT2D eigenvalue weighted by Crippen LogP contribution is 2.33. The maximum Gasteiger partial charge on any atom is 0.258 e. The van der Waals surface area contributed by atoms with E-state index in [-0.39, 0.29) is 5.91 Å². The van der Waals surface area contributed by atoms with Crippen molar-refractivity contribution in [3.8, 4) is 0 Å². The Kier molecular flexibility index (Phi) is 3.31. The average molecular weight is 316 g/mol. The molecule has 0 saturated carbocycles. The second-order valence-corrected chi connectivity index (χ2v) is 7.40. The van der Waals surface area contributed by atoms with Crippen LogP contribution in [0.4, 0.5) is 5.82 Å². The fourth-order valence-electron chi connectivity index (χ4n) is 3.77. The van der Waals surface area contributed by atoms with Crippen molar-refractivity contribution in [2.45, 2.75) is 18.9 Å². The molecule has 4 rings (SSSR count). The highest BCUT2D eigenvalue weighted by atomic mass is 32.1. The third kappa shape index (κ3) is 2.27. The van der Waals surface area contributed by atoms with E-state index in [4.69, 9.17) is 10.7 Å². The van der Waals surface area contributed by atoms with Crippen molar-refractivity contribution >= 4 is 33.3 Å². The van der Waals surface area contributed by atoms with Crippen LogP contribution in [0.2, 0.25) is 0 Å². The summed E-state index contributed by atoms with van der Waals surface area (Å²) in [6.45, 7) is 3.33. The van der Waals surface area contributed by atoms with Crippen LogP contribution in [-0.4, -0.2) is 48.5 Å². The summed E-state index contributed by atoms with van der Waals surface area (Å²) < 4.78 is 0. The second-order valence-electron chi connectivity index (χ2n) is 6.37. The average Bonchev–Trinajstić information content (AvgIpc) is 3.10. The van der Waals surface area contributed by atoms with Crippen molar-refractivity contribution < 1.29 is 4.79 Å². The summed E-state index contributed by atoms with van der Waals surface area (Å²) in [7, 11) is 2.23. The van der Waals surface area contributed by atoms with Crippen LogP contribution in [0.15, 0.2) is 18.2 Å². The Morgan fingerprint density at radius 2 is 2.18 bits per heavy atom. The number of piperidine rings is 1. The molecular weight excluding hydrogens is 296 g/mol. The van der Waals surface area contributed by atoms with Gasteiger partial charge in [0.25, 0.3) is 5.91 Å². The standard InChI is InChI=1S/C16H20N4OS/c1-19-6-4-10-5-7-20(9-12(10)19)14-3-2-11-8-13(15(17)21)22-16(11)18-14/h2-3,8,10,12H,4-7,9H2,1H3,(H2,17,21). The number of pyridine rings is 1.